The molecule has 4 heteroatoms. The highest BCUT2D eigenvalue weighted by Gasteiger charge is 2.01. The minimum absolute atomic E-state index is 0.236. The number of nitrogens with one attached hydrogen (secondary N) is 1. The second kappa shape index (κ2) is 5.83. The Balaban J connectivity index is 2.39. The van der Waals surface area contributed by atoms with Crippen molar-refractivity contribution in [1.82, 2.24) is 4.98 Å². The number of nitrogens with zero attached hydrogens (tertiary/aromatic N) is 1. The lowest BCUT2D eigenvalue weighted by molar-refractivity contribution is 0.282. The number of anilines is 1. The normalized spacial score (nSPS) is 12.5. The molecule has 1 heterocycles. The topological polar surface area (TPSA) is 45.1 Å². The van der Waals surface area contributed by atoms with Crippen LogP contribution >= 0.6 is 11.6 Å². The second-order valence-corrected chi connectivity index (χ2v) is 3.71. The number of pyridine rings is 1. The average Bonchev–Trinajstić information content (AvgIpc) is 2.18. The fraction of sp³-hybridized carbons (Fsp3) is 0.500. The molecule has 0 radical (unpaired) electrons. The van der Waals surface area contributed by atoms with E-state index in [0.29, 0.717) is 11.1 Å². The van der Waals surface area contributed by atoms with E-state index >= 15 is 0 Å². The zero-order valence-corrected chi connectivity index (χ0v) is 8.96. The van der Waals surface area contributed by atoms with Crippen LogP contribution in [0.2, 0.25) is 5.02 Å². The van der Waals surface area contributed by atoms with Gasteiger partial charge in [-0.15, -0.1) is 0 Å². The fourth-order valence-corrected chi connectivity index (χ4v) is 1.30. The fourth-order valence-electron chi connectivity index (χ4n) is 1.18. The van der Waals surface area contributed by atoms with E-state index in [1.807, 2.05) is 6.07 Å². The van der Waals surface area contributed by atoms with Crippen LogP contribution in [-0.2, 0) is 0 Å². The van der Waals surface area contributed by atoms with E-state index in [4.69, 9.17) is 16.7 Å². The first-order valence-electron chi connectivity index (χ1n) is 4.71. The van der Waals surface area contributed by atoms with Gasteiger partial charge in [-0.3, -0.25) is 0 Å². The first-order chi connectivity index (χ1) is 6.72. The van der Waals surface area contributed by atoms with Crippen molar-refractivity contribution in [2.75, 3.05) is 11.9 Å². The molecule has 0 aliphatic carbocycles. The maximum atomic E-state index is 8.66. The number of rotatable bonds is 5. The van der Waals surface area contributed by atoms with Crippen LogP contribution < -0.4 is 5.32 Å². The van der Waals surface area contributed by atoms with Crippen molar-refractivity contribution in [3.63, 3.8) is 0 Å². The van der Waals surface area contributed by atoms with Crippen molar-refractivity contribution in [1.29, 1.82) is 0 Å². The van der Waals surface area contributed by atoms with Crippen molar-refractivity contribution in [2.45, 2.75) is 25.8 Å². The highest BCUT2D eigenvalue weighted by molar-refractivity contribution is 6.30. The van der Waals surface area contributed by atoms with Crippen LogP contribution in [0.4, 0.5) is 5.82 Å². The van der Waals surface area contributed by atoms with Gasteiger partial charge >= 0.3 is 0 Å². The van der Waals surface area contributed by atoms with Gasteiger partial charge in [0.2, 0.25) is 0 Å². The molecule has 14 heavy (non-hydrogen) atoms. The standard InChI is InChI=1S/C10H15ClN2O/c1-8(3-2-6-14)13-10-5-4-9(11)7-12-10/h4-5,7-8,14H,2-3,6H2,1H3,(H,12,13). The molecule has 1 aromatic rings. The zero-order chi connectivity index (χ0) is 10.4. The van der Waals surface area contributed by atoms with E-state index in [-0.39, 0.29) is 6.61 Å². The molecule has 1 atom stereocenters. The largest absolute Gasteiger partial charge is 0.396 e. The molecule has 2 N–H and O–H groups in total. The molecule has 1 unspecified atom stereocenters. The Morgan fingerprint density at radius 1 is 1.57 bits per heavy atom. The molecule has 0 fully saturated rings. The van der Waals surface area contributed by atoms with Gasteiger partial charge in [0.05, 0.1) is 5.02 Å². The number of halogens is 1. The summed E-state index contributed by atoms with van der Waals surface area (Å²) in [4.78, 5) is 4.12. The van der Waals surface area contributed by atoms with Gasteiger partial charge in [-0.1, -0.05) is 11.6 Å². The molecule has 0 aromatic carbocycles. The molecular weight excluding hydrogens is 200 g/mol. The summed E-state index contributed by atoms with van der Waals surface area (Å²) in [5.74, 6) is 0.819. The number of hydrogen-bond donors (Lipinski definition) is 2. The highest BCUT2D eigenvalue weighted by Crippen LogP contribution is 2.11. The van der Waals surface area contributed by atoms with Crippen LogP contribution in [0.1, 0.15) is 19.8 Å². The molecule has 0 spiro atoms. The Labute approximate surface area is 89.1 Å². The van der Waals surface area contributed by atoms with Crippen molar-refractivity contribution >= 4 is 17.4 Å². The quantitative estimate of drug-likeness (QED) is 0.791. The molecule has 0 saturated heterocycles. The highest BCUT2D eigenvalue weighted by atomic mass is 35.5. The molecular formula is C10H15ClN2O. The molecule has 0 aliphatic rings. The summed E-state index contributed by atoms with van der Waals surface area (Å²) in [6.45, 7) is 2.30. The van der Waals surface area contributed by atoms with E-state index in [2.05, 4.69) is 17.2 Å². The summed E-state index contributed by atoms with van der Waals surface area (Å²) in [6, 6.07) is 3.96. The third kappa shape index (κ3) is 3.94. The van der Waals surface area contributed by atoms with Crippen LogP contribution in [-0.4, -0.2) is 22.7 Å². The Kier molecular flexibility index (Phi) is 4.70. The second-order valence-electron chi connectivity index (χ2n) is 3.27. The van der Waals surface area contributed by atoms with E-state index in [1.165, 1.54) is 0 Å². The molecule has 0 bridgehead atoms. The molecule has 78 valence electrons. The van der Waals surface area contributed by atoms with Gasteiger partial charge in [0.1, 0.15) is 5.82 Å². The lowest BCUT2D eigenvalue weighted by Gasteiger charge is -2.13. The smallest absolute Gasteiger partial charge is 0.126 e. The Hall–Kier alpha value is -0.800. The maximum absolute atomic E-state index is 8.66. The van der Waals surface area contributed by atoms with Crippen molar-refractivity contribution in [3.8, 4) is 0 Å². The van der Waals surface area contributed by atoms with E-state index in [1.54, 1.807) is 12.3 Å². The minimum Gasteiger partial charge on any atom is -0.396 e. The zero-order valence-electron chi connectivity index (χ0n) is 8.20. The summed E-state index contributed by atoms with van der Waals surface area (Å²) < 4.78 is 0. The first-order valence-corrected chi connectivity index (χ1v) is 5.09. The third-order valence-corrected chi connectivity index (χ3v) is 2.14. The van der Waals surface area contributed by atoms with Crippen LogP contribution in [0.3, 0.4) is 0 Å². The lowest BCUT2D eigenvalue weighted by atomic mass is 10.2. The molecule has 3 nitrogen and oxygen atoms in total. The molecule has 0 saturated carbocycles. The predicted octanol–water partition coefficient (Wildman–Crippen LogP) is 2.31. The summed E-state index contributed by atoms with van der Waals surface area (Å²) >= 11 is 5.71. The van der Waals surface area contributed by atoms with Crippen LogP contribution in [0.5, 0.6) is 0 Å². The van der Waals surface area contributed by atoms with Gasteiger partial charge < -0.3 is 10.4 Å². The van der Waals surface area contributed by atoms with Gasteiger partial charge in [0.15, 0.2) is 0 Å². The first kappa shape index (κ1) is 11.3. The van der Waals surface area contributed by atoms with E-state index < -0.39 is 0 Å². The molecule has 0 aliphatic heterocycles. The Morgan fingerprint density at radius 3 is 2.93 bits per heavy atom. The summed E-state index contributed by atoms with van der Waals surface area (Å²) in [5, 5.41) is 12.5. The van der Waals surface area contributed by atoms with Crippen LogP contribution in [0.15, 0.2) is 18.3 Å². The van der Waals surface area contributed by atoms with Gasteiger partial charge in [-0.2, -0.15) is 0 Å². The lowest BCUT2D eigenvalue weighted by Crippen LogP contribution is -2.16. The van der Waals surface area contributed by atoms with Gasteiger partial charge in [0, 0.05) is 18.8 Å². The number of aliphatic hydroxyl groups is 1. The SMILES string of the molecule is CC(CCCO)Nc1ccc(Cl)cn1. The van der Waals surface area contributed by atoms with E-state index in [9.17, 15) is 0 Å². The Morgan fingerprint density at radius 2 is 2.36 bits per heavy atom. The number of hydrogen-bond acceptors (Lipinski definition) is 3. The van der Waals surface area contributed by atoms with Crippen molar-refractivity contribution in [3.05, 3.63) is 23.4 Å². The number of aliphatic hydroxyl groups excluding tert-OH is 1. The van der Waals surface area contributed by atoms with Gasteiger partial charge in [-0.05, 0) is 31.9 Å². The van der Waals surface area contributed by atoms with Crippen LogP contribution in [0, 0.1) is 0 Å². The Bertz CT molecular complexity index is 263. The van der Waals surface area contributed by atoms with E-state index in [0.717, 1.165) is 18.7 Å². The van der Waals surface area contributed by atoms with Crippen LogP contribution in [0.25, 0.3) is 0 Å². The van der Waals surface area contributed by atoms with Crippen molar-refractivity contribution in [2.24, 2.45) is 0 Å². The monoisotopic (exact) mass is 214 g/mol. The molecule has 0 amide bonds. The maximum Gasteiger partial charge on any atom is 0.126 e. The molecule has 1 aromatic heterocycles. The van der Waals surface area contributed by atoms with Gasteiger partial charge in [-0.25, -0.2) is 4.98 Å². The molecule has 1 rings (SSSR count). The van der Waals surface area contributed by atoms with Gasteiger partial charge in [0.25, 0.3) is 0 Å². The number of aromatic nitrogens is 1. The summed E-state index contributed by atoms with van der Waals surface area (Å²) in [6.07, 6.45) is 3.35. The third-order valence-electron chi connectivity index (χ3n) is 1.92. The average molecular weight is 215 g/mol. The summed E-state index contributed by atoms with van der Waals surface area (Å²) in [7, 11) is 0. The summed E-state index contributed by atoms with van der Waals surface area (Å²) in [5.41, 5.74) is 0. The van der Waals surface area contributed by atoms with Crippen molar-refractivity contribution < 1.29 is 5.11 Å². The minimum atomic E-state index is 0.236. The predicted molar refractivity (Wildman–Crippen MR) is 58.7 cm³/mol.